The van der Waals surface area contributed by atoms with E-state index >= 15 is 0 Å². The molecule has 0 unspecified atom stereocenters. The lowest BCUT2D eigenvalue weighted by Gasteiger charge is -2.37. The van der Waals surface area contributed by atoms with E-state index < -0.39 is 23.6 Å². The van der Waals surface area contributed by atoms with Crippen molar-refractivity contribution < 1.29 is 40.9 Å². The number of hydrogen-bond acceptors (Lipinski definition) is 4. The van der Waals surface area contributed by atoms with Crippen molar-refractivity contribution in [2.75, 3.05) is 13.2 Å². The summed E-state index contributed by atoms with van der Waals surface area (Å²) in [5.41, 5.74) is -0.419. The molecule has 0 atom stereocenters. The van der Waals surface area contributed by atoms with E-state index in [9.17, 15) is 22.0 Å². The molecule has 0 bridgehead atoms. The van der Waals surface area contributed by atoms with Crippen LogP contribution in [0.4, 0.5) is 22.0 Å². The van der Waals surface area contributed by atoms with Gasteiger partial charge in [-0.15, -0.1) is 0 Å². The Morgan fingerprint density at radius 1 is 0.907 bits per heavy atom. The Kier molecular flexibility index (Phi) is 12.5. The Labute approximate surface area is 250 Å². The van der Waals surface area contributed by atoms with Gasteiger partial charge in [0.1, 0.15) is 17.3 Å². The quantitative estimate of drug-likeness (QED) is 0.122. The largest absolute Gasteiger partial charge is 0.459 e. The van der Waals surface area contributed by atoms with Crippen LogP contribution in [0, 0.1) is 23.6 Å². The molecule has 1 saturated carbocycles. The third-order valence-corrected chi connectivity index (χ3v) is 8.20. The molecule has 0 spiro atoms. The molecule has 0 N–H and O–H groups in total. The first kappa shape index (κ1) is 33.0. The summed E-state index contributed by atoms with van der Waals surface area (Å²) in [5, 5.41) is 0. The molecule has 4 rings (SSSR count). The molecule has 43 heavy (non-hydrogen) atoms. The van der Waals surface area contributed by atoms with Crippen LogP contribution in [0.3, 0.4) is 0 Å². The molecule has 1 aliphatic heterocycles. The third-order valence-electron chi connectivity index (χ3n) is 8.20. The van der Waals surface area contributed by atoms with Crippen molar-refractivity contribution in [1.82, 2.24) is 0 Å². The molecule has 236 valence electrons. The van der Waals surface area contributed by atoms with Crippen LogP contribution in [0.25, 0.3) is 6.08 Å². The smallest absolute Gasteiger partial charge is 0.429 e. The lowest BCUT2D eigenvalue weighted by molar-refractivity contribution is -0.230. The summed E-state index contributed by atoms with van der Waals surface area (Å²) < 4.78 is 89.8. The molecule has 1 aliphatic carbocycles. The van der Waals surface area contributed by atoms with E-state index in [1.807, 2.05) is 6.08 Å². The van der Waals surface area contributed by atoms with Gasteiger partial charge >= 0.3 is 12.2 Å². The van der Waals surface area contributed by atoms with E-state index in [-0.39, 0.29) is 24.1 Å². The predicted octanol–water partition coefficient (Wildman–Crippen LogP) is 10.2. The van der Waals surface area contributed by atoms with Crippen LogP contribution in [0.5, 0.6) is 11.5 Å². The van der Waals surface area contributed by atoms with Gasteiger partial charge in [-0.2, -0.15) is 17.6 Å². The highest BCUT2D eigenvalue weighted by Crippen LogP contribution is 2.37. The molecule has 0 radical (unpaired) electrons. The fraction of sp³-hybridized carbons (Fsp3) is 0.529. The molecule has 0 amide bonds. The van der Waals surface area contributed by atoms with Gasteiger partial charge in [0, 0.05) is 11.8 Å². The number of allylic oxidation sites excluding steroid dienone is 1. The van der Waals surface area contributed by atoms with Gasteiger partial charge in [-0.1, -0.05) is 44.4 Å². The van der Waals surface area contributed by atoms with E-state index in [4.69, 9.17) is 14.2 Å². The number of benzene rings is 2. The SMILES string of the molecule is CCCCCC1COC(C2CCC(CCC=Cc3ccc(C(F)(F)Oc4ccc(OC=C(F)F)cc4)c(F)c3)CC2)OC1. The molecule has 9 heteroatoms. The Balaban J connectivity index is 1.18. The Hall–Kier alpha value is -2.91. The number of hydrogen-bond donors (Lipinski definition) is 0. The topological polar surface area (TPSA) is 36.9 Å². The van der Waals surface area contributed by atoms with Gasteiger partial charge in [0.15, 0.2) is 12.6 Å². The highest BCUT2D eigenvalue weighted by Gasteiger charge is 2.37. The summed E-state index contributed by atoms with van der Waals surface area (Å²) in [6, 6.07) is 8.10. The number of alkyl halides is 2. The molecule has 4 nitrogen and oxygen atoms in total. The summed E-state index contributed by atoms with van der Waals surface area (Å²) in [7, 11) is 0. The zero-order chi connectivity index (χ0) is 30.7. The second-order valence-corrected chi connectivity index (χ2v) is 11.5. The monoisotopic (exact) mass is 608 g/mol. The van der Waals surface area contributed by atoms with Gasteiger partial charge in [-0.05, 0) is 92.8 Å². The maximum absolute atomic E-state index is 14.7. The van der Waals surface area contributed by atoms with Gasteiger partial charge < -0.3 is 18.9 Å². The number of halogens is 5. The van der Waals surface area contributed by atoms with Crippen molar-refractivity contribution in [2.45, 2.75) is 83.5 Å². The van der Waals surface area contributed by atoms with Crippen LogP contribution in [-0.2, 0) is 15.6 Å². The fourth-order valence-electron chi connectivity index (χ4n) is 5.75. The molecule has 2 fully saturated rings. The maximum atomic E-state index is 14.7. The van der Waals surface area contributed by atoms with Gasteiger partial charge in [0.2, 0.25) is 0 Å². The maximum Gasteiger partial charge on any atom is 0.429 e. The minimum atomic E-state index is -3.94. The van der Waals surface area contributed by atoms with Gasteiger partial charge in [-0.25, -0.2) is 4.39 Å². The molecule has 2 aromatic rings. The first-order valence-electron chi connectivity index (χ1n) is 15.3. The van der Waals surface area contributed by atoms with Crippen LogP contribution < -0.4 is 9.47 Å². The van der Waals surface area contributed by atoms with E-state index in [0.717, 1.165) is 76.0 Å². The predicted molar refractivity (Wildman–Crippen MR) is 155 cm³/mol. The zero-order valence-electron chi connectivity index (χ0n) is 24.6. The molecular weight excluding hydrogens is 567 g/mol. The number of rotatable bonds is 14. The minimum Gasteiger partial charge on any atom is -0.459 e. The second kappa shape index (κ2) is 16.2. The van der Waals surface area contributed by atoms with Crippen LogP contribution in [0.2, 0.25) is 0 Å². The molecule has 2 aromatic carbocycles. The average Bonchev–Trinajstić information content (AvgIpc) is 2.99. The molecule has 1 saturated heterocycles. The van der Waals surface area contributed by atoms with Crippen molar-refractivity contribution in [3.63, 3.8) is 0 Å². The summed E-state index contributed by atoms with van der Waals surface area (Å²) in [6.45, 7) is 3.83. The Morgan fingerprint density at radius 2 is 1.60 bits per heavy atom. The van der Waals surface area contributed by atoms with E-state index in [2.05, 4.69) is 11.7 Å². The van der Waals surface area contributed by atoms with Crippen molar-refractivity contribution >= 4 is 6.08 Å². The van der Waals surface area contributed by atoms with Gasteiger partial charge in [-0.3, -0.25) is 0 Å². The second-order valence-electron chi connectivity index (χ2n) is 11.5. The molecule has 0 aromatic heterocycles. The highest BCUT2D eigenvalue weighted by atomic mass is 19.3. The standard InChI is InChI=1S/C34H41F5O4/c1-2-3-4-9-26-21-41-33(42-22-26)27-13-10-24(11-14-27)7-5-6-8-25-12-19-30(31(35)20-25)34(38,39)43-29-17-15-28(16-18-29)40-23-32(36)37/h6,8,12,15-20,23-24,26-27,33H,2-5,7,9-11,13-14,21-22H2,1H3. The highest BCUT2D eigenvalue weighted by molar-refractivity contribution is 5.50. The van der Waals surface area contributed by atoms with E-state index in [1.165, 1.54) is 43.9 Å². The van der Waals surface area contributed by atoms with Crippen molar-refractivity contribution in [2.24, 2.45) is 17.8 Å². The van der Waals surface area contributed by atoms with Gasteiger partial charge in [0.25, 0.3) is 0 Å². The van der Waals surface area contributed by atoms with Crippen molar-refractivity contribution in [3.05, 3.63) is 77.8 Å². The van der Waals surface area contributed by atoms with Crippen LogP contribution in [0.1, 0.15) is 82.3 Å². The van der Waals surface area contributed by atoms with E-state index in [0.29, 0.717) is 23.3 Å². The lowest BCUT2D eigenvalue weighted by atomic mass is 9.79. The lowest BCUT2D eigenvalue weighted by Crippen LogP contribution is -2.38. The van der Waals surface area contributed by atoms with Crippen LogP contribution in [-0.4, -0.2) is 19.5 Å². The third kappa shape index (κ3) is 10.3. The Bertz CT molecular complexity index is 1180. The Morgan fingerprint density at radius 3 is 2.26 bits per heavy atom. The number of ether oxygens (including phenoxy) is 4. The molecule has 2 aliphatic rings. The van der Waals surface area contributed by atoms with Crippen LogP contribution >= 0.6 is 0 Å². The molecular formula is C34H41F5O4. The summed E-state index contributed by atoms with van der Waals surface area (Å²) in [6.07, 6.45) is 9.07. The van der Waals surface area contributed by atoms with Crippen molar-refractivity contribution in [3.8, 4) is 11.5 Å². The summed E-state index contributed by atoms with van der Waals surface area (Å²) in [4.78, 5) is 0. The average molecular weight is 609 g/mol. The fourth-order valence-corrected chi connectivity index (χ4v) is 5.75. The van der Waals surface area contributed by atoms with Gasteiger partial charge in [0.05, 0.1) is 18.8 Å². The molecule has 1 heterocycles. The van der Waals surface area contributed by atoms with Crippen molar-refractivity contribution in [1.29, 1.82) is 0 Å². The summed E-state index contributed by atoms with van der Waals surface area (Å²) in [5.74, 6) is 0.235. The first-order chi connectivity index (χ1) is 20.7. The summed E-state index contributed by atoms with van der Waals surface area (Å²) >= 11 is 0. The number of unbranched alkanes of at least 4 members (excludes halogenated alkanes) is 2. The first-order valence-corrected chi connectivity index (χ1v) is 15.3. The zero-order valence-corrected chi connectivity index (χ0v) is 24.6. The minimum absolute atomic E-state index is 0.00759. The van der Waals surface area contributed by atoms with E-state index in [1.54, 1.807) is 6.08 Å². The van der Waals surface area contributed by atoms with Crippen LogP contribution in [0.15, 0.2) is 60.9 Å². The normalized spacial score (nSPS) is 22.8.